The van der Waals surface area contributed by atoms with Crippen LogP contribution in [0, 0.1) is 0 Å². The Morgan fingerprint density at radius 1 is 0.828 bits per heavy atom. The Morgan fingerprint density at radius 3 is 2.07 bits per heavy atom. The van der Waals surface area contributed by atoms with Gasteiger partial charge in [0.05, 0.1) is 12.7 Å². The van der Waals surface area contributed by atoms with E-state index in [0.29, 0.717) is 5.56 Å². The van der Waals surface area contributed by atoms with Crippen molar-refractivity contribution in [1.82, 2.24) is 9.88 Å². The highest BCUT2D eigenvalue weighted by molar-refractivity contribution is 5.94. The molecule has 29 heavy (non-hydrogen) atoms. The summed E-state index contributed by atoms with van der Waals surface area (Å²) in [5, 5.41) is 0. The van der Waals surface area contributed by atoms with Gasteiger partial charge in [0.2, 0.25) is 0 Å². The molecule has 0 N–H and O–H groups in total. The van der Waals surface area contributed by atoms with Crippen LogP contribution in [0.5, 0.6) is 5.75 Å². The molecule has 154 valence electrons. The summed E-state index contributed by atoms with van der Waals surface area (Å²) in [6.45, 7) is 5.46. The smallest absolute Gasteiger partial charge is 0.255 e. The van der Waals surface area contributed by atoms with Crippen molar-refractivity contribution in [3.05, 3.63) is 48.2 Å². The predicted octanol–water partition coefficient (Wildman–Crippen LogP) is 3.43. The van der Waals surface area contributed by atoms with Crippen LogP contribution in [0.2, 0.25) is 0 Å². The molecule has 2 fully saturated rings. The number of methoxy groups -OCH3 is 1. The van der Waals surface area contributed by atoms with Crippen molar-refractivity contribution in [3.63, 3.8) is 0 Å². The lowest BCUT2D eigenvalue weighted by atomic mass is 10.2. The lowest BCUT2D eigenvalue weighted by Gasteiger charge is -2.36. The van der Waals surface area contributed by atoms with Gasteiger partial charge in [0.1, 0.15) is 11.6 Å². The summed E-state index contributed by atoms with van der Waals surface area (Å²) >= 11 is 0. The molecule has 4 rings (SSSR count). The number of hydrogen-bond acceptors (Lipinski definition) is 5. The average molecular weight is 395 g/mol. The van der Waals surface area contributed by atoms with E-state index >= 15 is 0 Å². The van der Waals surface area contributed by atoms with Crippen molar-refractivity contribution in [1.29, 1.82) is 0 Å². The quantitative estimate of drug-likeness (QED) is 0.795. The molecule has 0 bridgehead atoms. The van der Waals surface area contributed by atoms with Gasteiger partial charge in [-0.2, -0.15) is 0 Å². The molecule has 6 heteroatoms. The van der Waals surface area contributed by atoms with E-state index in [4.69, 9.17) is 4.74 Å². The van der Waals surface area contributed by atoms with E-state index in [1.165, 1.54) is 18.5 Å². The number of benzene rings is 1. The topological polar surface area (TPSA) is 48.9 Å². The molecule has 2 aliphatic heterocycles. The van der Waals surface area contributed by atoms with E-state index in [1.807, 2.05) is 29.2 Å². The molecule has 0 saturated carbocycles. The molecule has 0 radical (unpaired) electrons. The summed E-state index contributed by atoms with van der Waals surface area (Å²) in [5.41, 5.74) is 1.92. The van der Waals surface area contributed by atoms with E-state index in [2.05, 4.69) is 26.9 Å². The lowest BCUT2D eigenvalue weighted by Crippen LogP contribution is -2.46. The van der Waals surface area contributed by atoms with E-state index in [0.717, 1.165) is 63.7 Å². The predicted molar refractivity (Wildman–Crippen MR) is 116 cm³/mol. The van der Waals surface area contributed by atoms with Gasteiger partial charge in [0.15, 0.2) is 0 Å². The molecule has 0 atom stereocenters. The first kappa shape index (κ1) is 19.6. The molecule has 1 aromatic heterocycles. The number of nitrogens with zero attached hydrogens (tertiary/aromatic N) is 4. The zero-order valence-corrected chi connectivity index (χ0v) is 17.2. The number of anilines is 2. The molecule has 1 aromatic carbocycles. The molecule has 0 unspecified atom stereocenters. The fourth-order valence-electron chi connectivity index (χ4n) is 4.14. The summed E-state index contributed by atoms with van der Waals surface area (Å²) in [6, 6.07) is 12.2. The van der Waals surface area contributed by atoms with Crippen LogP contribution in [0.4, 0.5) is 11.5 Å². The van der Waals surface area contributed by atoms with Crippen molar-refractivity contribution >= 4 is 17.4 Å². The minimum absolute atomic E-state index is 0.121. The van der Waals surface area contributed by atoms with Crippen LogP contribution in [0.25, 0.3) is 0 Å². The largest absolute Gasteiger partial charge is 0.497 e. The second-order valence-corrected chi connectivity index (χ2v) is 7.78. The molecule has 2 saturated heterocycles. The van der Waals surface area contributed by atoms with Crippen molar-refractivity contribution in [2.75, 3.05) is 56.2 Å². The Kier molecular flexibility index (Phi) is 6.17. The van der Waals surface area contributed by atoms with Gasteiger partial charge in [-0.15, -0.1) is 0 Å². The van der Waals surface area contributed by atoms with Gasteiger partial charge in [-0.1, -0.05) is 12.8 Å². The van der Waals surface area contributed by atoms with Gasteiger partial charge in [0.25, 0.3) is 5.91 Å². The van der Waals surface area contributed by atoms with Crippen molar-refractivity contribution < 1.29 is 9.53 Å². The zero-order chi connectivity index (χ0) is 20.1. The Morgan fingerprint density at radius 2 is 1.48 bits per heavy atom. The highest BCUT2D eigenvalue weighted by atomic mass is 16.5. The summed E-state index contributed by atoms with van der Waals surface area (Å²) in [4.78, 5) is 24.0. The number of rotatable bonds is 4. The van der Waals surface area contributed by atoms with Crippen LogP contribution >= 0.6 is 0 Å². The second-order valence-electron chi connectivity index (χ2n) is 7.78. The first-order chi connectivity index (χ1) is 14.2. The molecular weight excluding hydrogens is 364 g/mol. The fourth-order valence-corrected chi connectivity index (χ4v) is 4.14. The second kappa shape index (κ2) is 9.16. The van der Waals surface area contributed by atoms with E-state index in [1.54, 1.807) is 13.3 Å². The first-order valence-corrected chi connectivity index (χ1v) is 10.6. The number of carbonyl (C=O) groups is 1. The van der Waals surface area contributed by atoms with Gasteiger partial charge >= 0.3 is 0 Å². The number of piperazine rings is 1. The summed E-state index contributed by atoms with van der Waals surface area (Å²) in [7, 11) is 1.69. The van der Waals surface area contributed by atoms with Crippen molar-refractivity contribution in [2.45, 2.75) is 25.7 Å². The van der Waals surface area contributed by atoms with Crippen molar-refractivity contribution in [3.8, 4) is 5.75 Å². The summed E-state index contributed by atoms with van der Waals surface area (Å²) < 4.78 is 5.24. The minimum atomic E-state index is 0.121. The first-order valence-electron chi connectivity index (χ1n) is 10.6. The van der Waals surface area contributed by atoms with Crippen LogP contribution in [-0.4, -0.2) is 62.2 Å². The third kappa shape index (κ3) is 4.63. The minimum Gasteiger partial charge on any atom is -0.497 e. The third-order valence-electron chi connectivity index (χ3n) is 5.93. The lowest BCUT2D eigenvalue weighted by molar-refractivity contribution is 0.0761. The van der Waals surface area contributed by atoms with Gasteiger partial charge < -0.3 is 19.4 Å². The molecule has 0 spiro atoms. The number of amides is 1. The van der Waals surface area contributed by atoms with Crippen molar-refractivity contribution in [2.24, 2.45) is 0 Å². The Balaban J connectivity index is 1.34. The SMILES string of the molecule is COc1ccc(N2CCN(c3ccc(C(=O)N4CCCCCC4)cn3)CC2)cc1. The highest BCUT2D eigenvalue weighted by Crippen LogP contribution is 2.22. The van der Waals surface area contributed by atoms with Gasteiger partial charge in [-0.05, 0) is 49.2 Å². The number of aromatic nitrogens is 1. The van der Waals surface area contributed by atoms with Crippen LogP contribution < -0.4 is 14.5 Å². The Labute approximate surface area is 173 Å². The van der Waals surface area contributed by atoms with E-state index in [9.17, 15) is 4.79 Å². The summed E-state index contributed by atoms with van der Waals surface area (Å²) in [5.74, 6) is 1.95. The summed E-state index contributed by atoms with van der Waals surface area (Å²) in [6.07, 6.45) is 6.41. The maximum Gasteiger partial charge on any atom is 0.255 e. The monoisotopic (exact) mass is 394 g/mol. The maximum atomic E-state index is 12.7. The van der Waals surface area contributed by atoms with Crippen LogP contribution in [0.1, 0.15) is 36.0 Å². The normalized spacial score (nSPS) is 17.8. The van der Waals surface area contributed by atoms with E-state index in [-0.39, 0.29) is 5.91 Å². The zero-order valence-electron chi connectivity index (χ0n) is 17.2. The number of hydrogen-bond donors (Lipinski definition) is 0. The highest BCUT2D eigenvalue weighted by Gasteiger charge is 2.20. The van der Waals surface area contributed by atoms with Gasteiger partial charge in [-0.3, -0.25) is 4.79 Å². The van der Waals surface area contributed by atoms with Gasteiger partial charge in [-0.25, -0.2) is 4.98 Å². The molecule has 0 aliphatic carbocycles. The molecule has 2 aliphatic rings. The number of pyridine rings is 1. The molecule has 3 heterocycles. The number of carbonyl (C=O) groups excluding carboxylic acids is 1. The number of ether oxygens (including phenoxy) is 1. The average Bonchev–Trinajstić information content (AvgIpc) is 3.09. The Hall–Kier alpha value is -2.76. The fraction of sp³-hybridized carbons (Fsp3) is 0.478. The molecular formula is C23H30N4O2. The molecule has 1 amide bonds. The number of likely N-dealkylation sites (tertiary alicyclic amines) is 1. The van der Waals surface area contributed by atoms with Crippen LogP contribution in [0.3, 0.4) is 0 Å². The Bertz CT molecular complexity index is 791. The standard InChI is InChI=1S/C23H30N4O2/c1-29-21-9-7-20(8-10-21)25-14-16-26(17-15-25)22-11-6-19(18-24-22)23(28)27-12-4-2-3-5-13-27/h6-11,18H,2-5,12-17H2,1H3. The maximum absolute atomic E-state index is 12.7. The van der Waals surface area contributed by atoms with Gasteiger partial charge in [0, 0.05) is 51.2 Å². The molecule has 6 nitrogen and oxygen atoms in total. The third-order valence-corrected chi connectivity index (χ3v) is 5.93. The van der Waals surface area contributed by atoms with Crippen LogP contribution in [0.15, 0.2) is 42.6 Å². The molecule has 2 aromatic rings. The van der Waals surface area contributed by atoms with Crippen LogP contribution in [-0.2, 0) is 0 Å². The van der Waals surface area contributed by atoms with E-state index < -0.39 is 0 Å².